The minimum atomic E-state index is -0.671. The molecule has 0 saturated carbocycles. The second kappa shape index (κ2) is 7.68. The Kier molecular flexibility index (Phi) is 5.51. The Bertz CT molecular complexity index is 975. The van der Waals surface area contributed by atoms with Crippen molar-refractivity contribution >= 4 is 58.0 Å². The van der Waals surface area contributed by atoms with Gasteiger partial charge in [0.05, 0.1) is 35.6 Å². The molecule has 0 unspecified atom stereocenters. The standard InChI is InChI=1S/C18H13Cl3N2O4/c1-26-10-4-6-13(14(8-10)27-2)22-16-15(21)17(24)23(18(16)25)9-3-5-11(19)12(20)7-9/h3-8,22H,1-2H3. The zero-order valence-electron chi connectivity index (χ0n) is 14.2. The van der Waals surface area contributed by atoms with Crippen LogP contribution < -0.4 is 19.7 Å². The summed E-state index contributed by atoms with van der Waals surface area (Å²) in [5.41, 5.74) is 0.635. The van der Waals surface area contributed by atoms with Crippen LogP contribution in [-0.2, 0) is 9.59 Å². The van der Waals surface area contributed by atoms with Crippen LogP contribution in [0.15, 0.2) is 47.1 Å². The monoisotopic (exact) mass is 426 g/mol. The van der Waals surface area contributed by atoms with Crippen molar-refractivity contribution < 1.29 is 19.1 Å². The van der Waals surface area contributed by atoms with Crippen LogP contribution >= 0.6 is 34.8 Å². The van der Waals surface area contributed by atoms with Gasteiger partial charge >= 0.3 is 0 Å². The van der Waals surface area contributed by atoms with Gasteiger partial charge in [-0.25, -0.2) is 4.90 Å². The molecule has 1 aliphatic rings. The molecule has 2 aromatic carbocycles. The summed E-state index contributed by atoms with van der Waals surface area (Å²) in [6.45, 7) is 0. The summed E-state index contributed by atoms with van der Waals surface area (Å²) in [6, 6.07) is 9.37. The normalized spacial score (nSPS) is 14.0. The van der Waals surface area contributed by atoms with E-state index in [4.69, 9.17) is 44.3 Å². The molecule has 2 amide bonds. The predicted molar refractivity (Wildman–Crippen MR) is 105 cm³/mol. The van der Waals surface area contributed by atoms with E-state index in [-0.39, 0.29) is 21.4 Å². The molecule has 1 heterocycles. The van der Waals surface area contributed by atoms with Gasteiger partial charge in [-0.2, -0.15) is 0 Å². The van der Waals surface area contributed by atoms with Gasteiger partial charge in [0.15, 0.2) is 0 Å². The van der Waals surface area contributed by atoms with Crippen molar-refractivity contribution in [3.8, 4) is 11.5 Å². The van der Waals surface area contributed by atoms with Gasteiger partial charge in [0.1, 0.15) is 22.2 Å². The Morgan fingerprint density at radius 2 is 1.63 bits per heavy atom. The number of benzene rings is 2. The van der Waals surface area contributed by atoms with Crippen LogP contribution in [0, 0.1) is 0 Å². The molecule has 2 aromatic rings. The van der Waals surface area contributed by atoms with Crippen LogP contribution in [0.2, 0.25) is 10.0 Å². The van der Waals surface area contributed by atoms with E-state index in [9.17, 15) is 9.59 Å². The van der Waals surface area contributed by atoms with Gasteiger partial charge in [-0.1, -0.05) is 34.8 Å². The number of rotatable bonds is 5. The second-order valence-electron chi connectivity index (χ2n) is 5.42. The highest BCUT2D eigenvalue weighted by Gasteiger charge is 2.39. The van der Waals surface area contributed by atoms with E-state index in [0.717, 1.165) is 4.90 Å². The third kappa shape index (κ3) is 3.56. The van der Waals surface area contributed by atoms with Crippen LogP contribution in [0.25, 0.3) is 0 Å². The maximum atomic E-state index is 12.8. The lowest BCUT2D eigenvalue weighted by atomic mass is 10.2. The Morgan fingerprint density at radius 1 is 0.889 bits per heavy atom. The zero-order chi connectivity index (χ0) is 19.7. The predicted octanol–water partition coefficient (Wildman–Crippen LogP) is 4.45. The van der Waals surface area contributed by atoms with Gasteiger partial charge in [-0.05, 0) is 30.3 Å². The quantitative estimate of drug-likeness (QED) is 0.714. The van der Waals surface area contributed by atoms with Gasteiger partial charge < -0.3 is 14.8 Å². The van der Waals surface area contributed by atoms with Crippen molar-refractivity contribution in [1.29, 1.82) is 0 Å². The fraction of sp³-hybridized carbons (Fsp3) is 0.111. The number of ether oxygens (including phenoxy) is 2. The average molecular weight is 428 g/mol. The molecule has 6 nitrogen and oxygen atoms in total. The summed E-state index contributed by atoms with van der Waals surface area (Å²) in [5.74, 6) is -0.306. The molecule has 1 N–H and O–H groups in total. The Morgan fingerprint density at radius 3 is 2.26 bits per heavy atom. The number of nitrogens with one attached hydrogen (secondary N) is 1. The topological polar surface area (TPSA) is 67.9 Å². The molecule has 0 saturated heterocycles. The van der Waals surface area contributed by atoms with E-state index < -0.39 is 11.8 Å². The highest BCUT2D eigenvalue weighted by Crippen LogP contribution is 2.36. The van der Waals surface area contributed by atoms with Crippen LogP contribution in [0.4, 0.5) is 11.4 Å². The summed E-state index contributed by atoms with van der Waals surface area (Å²) >= 11 is 18.0. The number of hydrogen-bond donors (Lipinski definition) is 1. The Balaban J connectivity index is 1.94. The highest BCUT2D eigenvalue weighted by molar-refractivity contribution is 6.53. The number of nitrogens with zero attached hydrogens (tertiary/aromatic N) is 1. The van der Waals surface area contributed by atoms with Crippen LogP contribution in [0.3, 0.4) is 0 Å². The van der Waals surface area contributed by atoms with Crippen molar-refractivity contribution in [2.24, 2.45) is 0 Å². The van der Waals surface area contributed by atoms with Crippen molar-refractivity contribution in [1.82, 2.24) is 0 Å². The number of halogens is 3. The lowest BCUT2D eigenvalue weighted by molar-refractivity contribution is -0.120. The molecule has 0 atom stereocenters. The van der Waals surface area contributed by atoms with Crippen LogP contribution in [0.5, 0.6) is 11.5 Å². The molecule has 0 aromatic heterocycles. The lowest BCUT2D eigenvalue weighted by Gasteiger charge is -2.16. The number of hydrogen-bond acceptors (Lipinski definition) is 5. The maximum absolute atomic E-state index is 12.8. The molecule has 27 heavy (non-hydrogen) atoms. The number of anilines is 2. The summed E-state index contributed by atoms with van der Waals surface area (Å²) in [6.07, 6.45) is 0. The van der Waals surface area contributed by atoms with Gasteiger partial charge in [0, 0.05) is 6.07 Å². The largest absolute Gasteiger partial charge is 0.497 e. The molecule has 0 fully saturated rings. The summed E-state index contributed by atoms with van der Waals surface area (Å²) in [4.78, 5) is 26.2. The second-order valence-corrected chi connectivity index (χ2v) is 6.62. The molecule has 3 rings (SSSR count). The number of carbonyl (C=O) groups is 2. The fourth-order valence-corrected chi connectivity index (χ4v) is 3.01. The van der Waals surface area contributed by atoms with Crippen molar-refractivity contribution in [3.63, 3.8) is 0 Å². The van der Waals surface area contributed by atoms with Crippen LogP contribution in [-0.4, -0.2) is 26.0 Å². The third-order valence-corrected chi connectivity index (χ3v) is 4.95. The Labute approximate surface area is 170 Å². The summed E-state index contributed by atoms with van der Waals surface area (Å²) < 4.78 is 10.4. The van der Waals surface area contributed by atoms with Gasteiger partial charge in [-0.3, -0.25) is 9.59 Å². The molecular formula is C18H13Cl3N2O4. The first-order valence-corrected chi connectivity index (χ1v) is 8.73. The van der Waals surface area contributed by atoms with Crippen molar-refractivity contribution in [2.45, 2.75) is 0 Å². The minimum absolute atomic E-state index is 0.0730. The van der Waals surface area contributed by atoms with Crippen LogP contribution in [0.1, 0.15) is 0 Å². The van der Waals surface area contributed by atoms with E-state index in [1.54, 1.807) is 18.2 Å². The van der Waals surface area contributed by atoms with E-state index >= 15 is 0 Å². The van der Waals surface area contributed by atoms with E-state index in [1.165, 1.54) is 32.4 Å². The van der Waals surface area contributed by atoms with Gasteiger partial charge in [0.25, 0.3) is 11.8 Å². The molecule has 0 spiro atoms. The molecule has 0 bridgehead atoms. The summed E-state index contributed by atoms with van der Waals surface area (Å²) in [7, 11) is 3.00. The van der Waals surface area contributed by atoms with E-state index in [0.29, 0.717) is 22.2 Å². The number of amides is 2. The fourth-order valence-electron chi connectivity index (χ4n) is 2.51. The van der Waals surface area contributed by atoms with Crippen molar-refractivity contribution in [3.05, 3.63) is 57.2 Å². The lowest BCUT2D eigenvalue weighted by Crippen LogP contribution is -2.32. The zero-order valence-corrected chi connectivity index (χ0v) is 16.4. The van der Waals surface area contributed by atoms with Gasteiger partial charge in [0.2, 0.25) is 0 Å². The number of carbonyl (C=O) groups excluding carboxylic acids is 2. The molecule has 1 aliphatic heterocycles. The summed E-state index contributed by atoms with van der Waals surface area (Å²) in [5, 5.41) is 3.13. The first kappa shape index (κ1) is 19.4. The smallest absolute Gasteiger partial charge is 0.283 e. The van der Waals surface area contributed by atoms with Gasteiger partial charge in [-0.15, -0.1) is 0 Å². The maximum Gasteiger partial charge on any atom is 0.283 e. The minimum Gasteiger partial charge on any atom is -0.497 e. The molecular weight excluding hydrogens is 415 g/mol. The highest BCUT2D eigenvalue weighted by atomic mass is 35.5. The first-order chi connectivity index (χ1) is 12.9. The molecule has 0 radical (unpaired) electrons. The average Bonchev–Trinajstić information content (AvgIpc) is 2.87. The molecule has 0 aliphatic carbocycles. The first-order valence-electron chi connectivity index (χ1n) is 7.60. The molecule has 9 heteroatoms. The third-order valence-electron chi connectivity index (χ3n) is 3.86. The number of methoxy groups -OCH3 is 2. The Hall–Kier alpha value is -2.41. The number of imide groups is 1. The van der Waals surface area contributed by atoms with Crippen molar-refractivity contribution in [2.75, 3.05) is 24.4 Å². The van der Waals surface area contributed by atoms with E-state index in [2.05, 4.69) is 5.32 Å². The SMILES string of the molecule is COc1ccc(NC2=C(Cl)C(=O)N(c3ccc(Cl)c(Cl)c3)C2=O)c(OC)c1. The van der Waals surface area contributed by atoms with E-state index in [1.807, 2.05) is 0 Å². The molecule has 140 valence electrons.